The number of hydrogen-bond acceptors (Lipinski definition) is 4. The minimum Gasteiger partial charge on any atom is -0.373 e. The molecule has 4 heteroatoms. The summed E-state index contributed by atoms with van der Waals surface area (Å²) >= 11 is 0. The lowest BCUT2D eigenvalue weighted by Crippen LogP contribution is -2.18. The van der Waals surface area contributed by atoms with E-state index in [2.05, 4.69) is 36.1 Å². The normalized spacial score (nSPS) is 11.4. The van der Waals surface area contributed by atoms with Crippen molar-refractivity contribution in [2.75, 3.05) is 12.4 Å². The third kappa shape index (κ3) is 2.72. The largest absolute Gasteiger partial charge is 0.373 e. The van der Waals surface area contributed by atoms with E-state index in [1.165, 1.54) is 0 Å². The summed E-state index contributed by atoms with van der Waals surface area (Å²) in [6, 6.07) is 3.95. The maximum atomic E-state index is 4.74. The molecule has 0 aliphatic rings. The molecule has 2 heterocycles. The van der Waals surface area contributed by atoms with E-state index in [1.54, 1.807) is 12.4 Å². The van der Waals surface area contributed by atoms with Gasteiger partial charge in [0.05, 0.1) is 5.69 Å². The molecular formula is C15H20N4. The highest BCUT2D eigenvalue weighted by Gasteiger charge is 2.21. The van der Waals surface area contributed by atoms with Crippen LogP contribution in [0.2, 0.25) is 0 Å². The highest BCUT2D eigenvalue weighted by Crippen LogP contribution is 2.28. The smallest absolute Gasteiger partial charge is 0.136 e. The van der Waals surface area contributed by atoms with Crippen LogP contribution in [-0.4, -0.2) is 22.0 Å². The number of nitrogens with one attached hydrogen (secondary N) is 1. The van der Waals surface area contributed by atoms with Gasteiger partial charge in [-0.15, -0.1) is 0 Å². The molecule has 0 bridgehead atoms. The van der Waals surface area contributed by atoms with Crippen LogP contribution in [0.1, 0.15) is 32.2 Å². The molecule has 0 amide bonds. The number of aromatic nitrogens is 3. The van der Waals surface area contributed by atoms with Gasteiger partial charge in [-0.05, 0) is 19.1 Å². The maximum absolute atomic E-state index is 4.74. The van der Waals surface area contributed by atoms with Crippen molar-refractivity contribution in [1.82, 2.24) is 15.0 Å². The van der Waals surface area contributed by atoms with Crippen molar-refractivity contribution in [3.8, 4) is 11.3 Å². The molecular weight excluding hydrogens is 236 g/mol. The quantitative estimate of drug-likeness (QED) is 0.896. The zero-order valence-electron chi connectivity index (χ0n) is 12.2. The number of pyridine rings is 1. The van der Waals surface area contributed by atoms with Crippen LogP contribution in [-0.2, 0) is 5.41 Å². The lowest BCUT2D eigenvalue weighted by atomic mass is 9.95. The van der Waals surface area contributed by atoms with Gasteiger partial charge in [0.25, 0.3) is 0 Å². The fraction of sp³-hybridized carbons (Fsp3) is 0.400. The van der Waals surface area contributed by atoms with Crippen LogP contribution in [0.5, 0.6) is 0 Å². The summed E-state index contributed by atoms with van der Waals surface area (Å²) in [7, 11) is 1.89. The predicted molar refractivity (Wildman–Crippen MR) is 78.2 cm³/mol. The predicted octanol–water partition coefficient (Wildman–Crippen LogP) is 3.19. The molecule has 2 aromatic rings. The number of anilines is 1. The fourth-order valence-corrected chi connectivity index (χ4v) is 1.89. The highest BCUT2D eigenvalue weighted by atomic mass is 15.0. The Morgan fingerprint density at radius 2 is 1.68 bits per heavy atom. The van der Waals surface area contributed by atoms with E-state index in [1.807, 2.05) is 26.1 Å². The second-order valence-electron chi connectivity index (χ2n) is 5.61. The topological polar surface area (TPSA) is 50.7 Å². The van der Waals surface area contributed by atoms with Gasteiger partial charge in [0.1, 0.15) is 11.6 Å². The molecule has 19 heavy (non-hydrogen) atoms. The van der Waals surface area contributed by atoms with Crippen molar-refractivity contribution in [1.29, 1.82) is 0 Å². The van der Waals surface area contributed by atoms with Gasteiger partial charge >= 0.3 is 0 Å². The van der Waals surface area contributed by atoms with E-state index >= 15 is 0 Å². The molecule has 0 aliphatic carbocycles. The molecule has 0 radical (unpaired) electrons. The molecule has 1 N–H and O–H groups in total. The molecule has 0 aliphatic heterocycles. The van der Waals surface area contributed by atoms with Crippen LogP contribution in [0, 0.1) is 6.92 Å². The Morgan fingerprint density at radius 3 is 2.21 bits per heavy atom. The van der Waals surface area contributed by atoms with E-state index < -0.39 is 0 Å². The number of nitrogens with zero attached hydrogens (tertiary/aromatic N) is 3. The lowest BCUT2D eigenvalue weighted by Gasteiger charge is -2.20. The first-order valence-corrected chi connectivity index (χ1v) is 6.40. The van der Waals surface area contributed by atoms with Crippen LogP contribution in [0.15, 0.2) is 24.5 Å². The molecule has 0 saturated carbocycles. The molecule has 0 fully saturated rings. The SMILES string of the molecule is CNc1nc(C(C)(C)C)nc(-c2ccncc2)c1C. The number of rotatable bonds is 2. The summed E-state index contributed by atoms with van der Waals surface area (Å²) in [5.41, 5.74) is 3.01. The van der Waals surface area contributed by atoms with Crippen molar-refractivity contribution in [2.24, 2.45) is 0 Å². The molecule has 0 saturated heterocycles. The van der Waals surface area contributed by atoms with E-state index in [0.29, 0.717) is 0 Å². The van der Waals surface area contributed by atoms with E-state index in [0.717, 1.165) is 28.5 Å². The van der Waals surface area contributed by atoms with Crippen molar-refractivity contribution in [3.05, 3.63) is 35.9 Å². The molecule has 100 valence electrons. The van der Waals surface area contributed by atoms with Crippen LogP contribution >= 0.6 is 0 Å². The highest BCUT2D eigenvalue weighted by molar-refractivity contribution is 5.67. The molecule has 0 atom stereocenters. The zero-order chi connectivity index (χ0) is 14.0. The Hall–Kier alpha value is -1.97. The lowest BCUT2D eigenvalue weighted by molar-refractivity contribution is 0.546. The Balaban J connectivity index is 2.66. The summed E-state index contributed by atoms with van der Waals surface area (Å²) in [5, 5.41) is 3.15. The van der Waals surface area contributed by atoms with Gasteiger partial charge in [-0.1, -0.05) is 20.8 Å². The van der Waals surface area contributed by atoms with Crippen molar-refractivity contribution in [2.45, 2.75) is 33.1 Å². The van der Waals surface area contributed by atoms with Gasteiger partial charge in [0, 0.05) is 36.0 Å². The Bertz CT molecular complexity index is 571. The standard InChI is InChI=1S/C15H20N4/c1-10-12(11-6-8-17-9-7-11)18-14(15(2,3)4)19-13(10)16-5/h6-9H,1-5H3,(H,16,18,19). The Morgan fingerprint density at radius 1 is 1.05 bits per heavy atom. The second kappa shape index (κ2) is 4.96. The Labute approximate surface area is 114 Å². The molecule has 0 aromatic carbocycles. The van der Waals surface area contributed by atoms with Gasteiger partial charge in [0.2, 0.25) is 0 Å². The van der Waals surface area contributed by atoms with E-state index in [9.17, 15) is 0 Å². The third-order valence-corrected chi connectivity index (χ3v) is 3.01. The summed E-state index contributed by atoms with van der Waals surface area (Å²) in [5.74, 6) is 1.72. The van der Waals surface area contributed by atoms with Gasteiger partial charge < -0.3 is 5.32 Å². The molecule has 2 rings (SSSR count). The molecule has 4 nitrogen and oxygen atoms in total. The van der Waals surface area contributed by atoms with Crippen molar-refractivity contribution >= 4 is 5.82 Å². The summed E-state index contributed by atoms with van der Waals surface area (Å²) in [4.78, 5) is 13.4. The molecule has 0 unspecified atom stereocenters. The minimum atomic E-state index is -0.0823. The van der Waals surface area contributed by atoms with E-state index in [4.69, 9.17) is 4.98 Å². The van der Waals surface area contributed by atoms with Gasteiger partial charge in [-0.3, -0.25) is 4.98 Å². The van der Waals surface area contributed by atoms with Gasteiger partial charge in [-0.2, -0.15) is 0 Å². The van der Waals surface area contributed by atoms with Crippen molar-refractivity contribution < 1.29 is 0 Å². The van der Waals surface area contributed by atoms with Gasteiger partial charge in [0.15, 0.2) is 0 Å². The zero-order valence-corrected chi connectivity index (χ0v) is 12.2. The summed E-state index contributed by atoms with van der Waals surface area (Å²) < 4.78 is 0. The third-order valence-electron chi connectivity index (χ3n) is 3.01. The summed E-state index contributed by atoms with van der Waals surface area (Å²) in [6.07, 6.45) is 3.57. The summed E-state index contributed by atoms with van der Waals surface area (Å²) in [6.45, 7) is 8.39. The van der Waals surface area contributed by atoms with Crippen LogP contribution in [0.4, 0.5) is 5.82 Å². The van der Waals surface area contributed by atoms with Gasteiger partial charge in [-0.25, -0.2) is 9.97 Å². The Kier molecular flexibility index (Phi) is 3.51. The first kappa shape index (κ1) is 13.5. The first-order valence-electron chi connectivity index (χ1n) is 6.40. The number of hydrogen-bond donors (Lipinski definition) is 1. The van der Waals surface area contributed by atoms with E-state index in [-0.39, 0.29) is 5.41 Å². The molecule has 2 aromatic heterocycles. The second-order valence-corrected chi connectivity index (χ2v) is 5.61. The average Bonchev–Trinajstić information content (AvgIpc) is 2.38. The van der Waals surface area contributed by atoms with Crippen LogP contribution < -0.4 is 5.32 Å². The van der Waals surface area contributed by atoms with Crippen molar-refractivity contribution in [3.63, 3.8) is 0 Å². The van der Waals surface area contributed by atoms with Crippen LogP contribution in [0.25, 0.3) is 11.3 Å². The molecule has 0 spiro atoms. The average molecular weight is 256 g/mol. The fourth-order valence-electron chi connectivity index (χ4n) is 1.89. The van der Waals surface area contributed by atoms with Crippen LogP contribution in [0.3, 0.4) is 0 Å². The maximum Gasteiger partial charge on any atom is 0.136 e. The minimum absolute atomic E-state index is 0.0823. The monoisotopic (exact) mass is 256 g/mol. The first-order chi connectivity index (χ1) is 8.93.